The topological polar surface area (TPSA) is 48.5 Å². The van der Waals surface area contributed by atoms with E-state index in [0.29, 0.717) is 13.1 Å². The molecule has 1 fully saturated rings. The zero-order valence-corrected chi connectivity index (χ0v) is 14.1. The van der Waals surface area contributed by atoms with Gasteiger partial charge in [0.15, 0.2) is 0 Å². The number of anilines is 1. The van der Waals surface area contributed by atoms with E-state index < -0.39 is 0 Å². The Morgan fingerprint density at radius 2 is 2.12 bits per heavy atom. The van der Waals surface area contributed by atoms with Crippen LogP contribution in [-0.4, -0.2) is 48.0 Å². The molecule has 1 aromatic carbocycles. The molecule has 3 rings (SSSR count). The Balaban J connectivity index is 1.75. The van der Waals surface area contributed by atoms with E-state index in [1.165, 1.54) is 0 Å². The Kier molecular flexibility index (Phi) is 5.43. The zero-order chi connectivity index (χ0) is 16.8. The van der Waals surface area contributed by atoms with Crippen molar-refractivity contribution in [1.82, 2.24) is 15.2 Å². The van der Waals surface area contributed by atoms with Crippen LogP contribution in [-0.2, 0) is 11.3 Å². The van der Waals surface area contributed by atoms with Crippen molar-refractivity contribution >= 4 is 11.6 Å². The second-order valence-electron chi connectivity index (χ2n) is 6.19. The van der Waals surface area contributed by atoms with E-state index in [2.05, 4.69) is 22.1 Å². The fourth-order valence-electron chi connectivity index (χ4n) is 3.05. The van der Waals surface area contributed by atoms with Gasteiger partial charge in [0.2, 0.25) is 5.91 Å². The quantitative estimate of drug-likeness (QED) is 0.913. The molecule has 0 spiro atoms. The summed E-state index contributed by atoms with van der Waals surface area (Å²) in [7, 11) is 0. The maximum Gasteiger partial charge on any atom is 0.242 e. The van der Waals surface area contributed by atoms with Crippen molar-refractivity contribution in [3.05, 3.63) is 60.4 Å². The van der Waals surface area contributed by atoms with Gasteiger partial charge in [0.25, 0.3) is 0 Å². The molecule has 1 aromatic heterocycles. The minimum atomic E-state index is 0.178. The van der Waals surface area contributed by atoms with E-state index in [4.69, 9.17) is 0 Å². The van der Waals surface area contributed by atoms with E-state index in [0.717, 1.165) is 30.9 Å². The van der Waals surface area contributed by atoms with Crippen LogP contribution in [0.15, 0.2) is 54.9 Å². The SMILES string of the molecule is C[C@@H]1CNCCN1C(=O)CN(Cc1cccnc1)c1ccccc1. The number of nitrogens with zero attached hydrogens (tertiary/aromatic N) is 3. The number of pyridine rings is 1. The van der Waals surface area contributed by atoms with E-state index >= 15 is 0 Å². The van der Waals surface area contributed by atoms with Crippen molar-refractivity contribution in [1.29, 1.82) is 0 Å². The third kappa shape index (κ3) is 4.11. The van der Waals surface area contributed by atoms with Gasteiger partial charge in [-0.25, -0.2) is 0 Å². The highest BCUT2D eigenvalue weighted by molar-refractivity contribution is 5.82. The molecule has 0 bridgehead atoms. The van der Waals surface area contributed by atoms with Crippen LogP contribution in [0.4, 0.5) is 5.69 Å². The molecule has 2 heterocycles. The molecule has 0 aliphatic carbocycles. The van der Waals surface area contributed by atoms with Gasteiger partial charge >= 0.3 is 0 Å². The van der Waals surface area contributed by atoms with Gasteiger partial charge in [0, 0.05) is 50.3 Å². The summed E-state index contributed by atoms with van der Waals surface area (Å²) in [6.45, 7) is 5.64. The van der Waals surface area contributed by atoms with Crippen LogP contribution in [0.3, 0.4) is 0 Å². The van der Waals surface area contributed by atoms with E-state index in [1.54, 1.807) is 6.20 Å². The van der Waals surface area contributed by atoms with Crippen molar-refractivity contribution in [2.24, 2.45) is 0 Å². The highest BCUT2D eigenvalue weighted by Gasteiger charge is 2.24. The van der Waals surface area contributed by atoms with Gasteiger partial charge in [0.1, 0.15) is 0 Å². The van der Waals surface area contributed by atoms with Crippen LogP contribution in [0.5, 0.6) is 0 Å². The van der Waals surface area contributed by atoms with Gasteiger partial charge in [-0.2, -0.15) is 0 Å². The smallest absolute Gasteiger partial charge is 0.242 e. The van der Waals surface area contributed by atoms with Crippen molar-refractivity contribution < 1.29 is 4.79 Å². The molecule has 1 N–H and O–H groups in total. The Morgan fingerprint density at radius 3 is 2.83 bits per heavy atom. The molecule has 2 aromatic rings. The highest BCUT2D eigenvalue weighted by atomic mass is 16.2. The Labute approximate surface area is 143 Å². The van der Waals surface area contributed by atoms with Gasteiger partial charge in [0.05, 0.1) is 6.54 Å². The fourth-order valence-corrected chi connectivity index (χ4v) is 3.05. The lowest BCUT2D eigenvalue weighted by Gasteiger charge is -2.36. The molecular weight excluding hydrogens is 300 g/mol. The van der Waals surface area contributed by atoms with Crippen LogP contribution >= 0.6 is 0 Å². The first kappa shape index (κ1) is 16.5. The third-order valence-electron chi connectivity index (χ3n) is 4.37. The van der Waals surface area contributed by atoms with Gasteiger partial charge in [-0.1, -0.05) is 24.3 Å². The van der Waals surface area contributed by atoms with Crippen LogP contribution in [0.25, 0.3) is 0 Å². The molecular formula is C19H24N4O. The second kappa shape index (κ2) is 7.93. The lowest BCUT2D eigenvalue weighted by Crippen LogP contribution is -2.54. The minimum absolute atomic E-state index is 0.178. The molecule has 5 heteroatoms. The van der Waals surface area contributed by atoms with Crippen molar-refractivity contribution in [3.63, 3.8) is 0 Å². The first-order valence-electron chi connectivity index (χ1n) is 8.43. The number of amides is 1. The second-order valence-corrected chi connectivity index (χ2v) is 6.19. The number of nitrogens with one attached hydrogen (secondary N) is 1. The van der Waals surface area contributed by atoms with E-state index in [9.17, 15) is 4.79 Å². The van der Waals surface area contributed by atoms with Crippen molar-refractivity contribution in [2.75, 3.05) is 31.1 Å². The Hall–Kier alpha value is -2.40. The molecule has 0 radical (unpaired) electrons. The summed E-state index contributed by atoms with van der Waals surface area (Å²) >= 11 is 0. The average molecular weight is 324 g/mol. The number of para-hydroxylation sites is 1. The monoisotopic (exact) mass is 324 g/mol. The van der Waals surface area contributed by atoms with E-state index in [1.807, 2.05) is 53.6 Å². The third-order valence-corrected chi connectivity index (χ3v) is 4.37. The molecule has 1 aliphatic rings. The Bertz CT molecular complexity index is 647. The molecule has 1 saturated heterocycles. The maximum atomic E-state index is 12.8. The number of benzene rings is 1. The maximum absolute atomic E-state index is 12.8. The molecule has 1 atom stereocenters. The van der Waals surface area contributed by atoms with Crippen LogP contribution < -0.4 is 10.2 Å². The van der Waals surface area contributed by atoms with Gasteiger partial charge in [-0.15, -0.1) is 0 Å². The predicted octanol–water partition coefficient (Wildman–Crippen LogP) is 1.91. The molecule has 5 nitrogen and oxygen atoms in total. The van der Waals surface area contributed by atoms with Crippen molar-refractivity contribution in [2.45, 2.75) is 19.5 Å². The normalized spacial score (nSPS) is 17.5. The van der Waals surface area contributed by atoms with Gasteiger partial charge in [-0.3, -0.25) is 9.78 Å². The molecule has 1 aliphatic heterocycles. The lowest BCUT2D eigenvalue weighted by molar-refractivity contribution is -0.132. The number of carbonyl (C=O) groups is 1. The summed E-state index contributed by atoms with van der Waals surface area (Å²) in [6, 6.07) is 14.3. The van der Waals surface area contributed by atoms with Crippen LogP contribution in [0, 0.1) is 0 Å². The fraction of sp³-hybridized carbons (Fsp3) is 0.368. The van der Waals surface area contributed by atoms with Crippen LogP contribution in [0.1, 0.15) is 12.5 Å². The number of hydrogen-bond donors (Lipinski definition) is 1. The lowest BCUT2D eigenvalue weighted by atomic mass is 10.2. The summed E-state index contributed by atoms with van der Waals surface area (Å²) < 4.78 is 0. The molecule has 24 heavy (non-hydrogen) atoms. The highest BCUT2D eigenvalue weighted by Crippen LogP contribution is 2.17. The molecule has 126 valence electrons. The van der Waals surface area contributed by atoms with Crippen LogP contribution in [0.2, 0.25) is 0 Å². The number of rotatable bonds is 5. The Morgan fingerprint density at radius 1 is 1.29 bits per heavy atom. The van der Waals surface area contributed by atoms with Crippen molar-refractivity contribution in [3.8, 4) is 0 Å². The standard InChI is InChI=1S/C19H24N4O/c1-16-12-21-10-11-23(16)19(24)15-22(18-7-3-2-4-8-18)14-17-6-5-9-20-13-17/h2-9,13,16,21H,10-12,14-15H2,1H3/t16-/m1/s1. The zero-order valence-electron chi connectivity index (χ0n) is 14.1. The minimum Gasteiger partial charge on any atom is -0.358 e. The molecule has 0 saturated carbocycles. The summed E-state index contributed by atoms with van der Waals surface area (Å²) in [5, 5.41) is 3.33. The van der Waals surface area contributed by atoms with Gasteiger partial charge in [-0.05, 0) is 30.7 Å². The summed E-state index contributed by atoms with van der Waals surface area (Å²) in [6.07, 6.45) is 3.62. The van der Waals surface area contributed by atoms with Gasteiger partial charge < -0.3 is 15.1 Å². The average Bonchev–Trinajstić information content (AvgIpc) is 2.63. The first-order valence-corrected chi connectivity index (χ1v) is 8.43. The number of aromatic nitrogens is 1. The first-order chi connectivity index (χ1) is 11.7. The number of piperazine rings is 1. The number of hydrogen-bond acceptors (Lipinski definition) is 4. The molecule has 0 unspecified atom stereocenters. The summed E-state index contributed by atoms with van der Waals surface area (Å²) in [5.74, 6) is 0.178. The summed E-state index contributed by atoms with van der Waals surface area (Å²) in [4.78, 5) is 21.1. The number of carbonyl (C=O) groups excluding carboxylic acids is 1. The molecule has 1 amide bonds. The summed E-state index contributed by atoms with van der Waals surface area (Å²) in [5.41, 5.74) is 2.15. The largest absolute Gasteiger partial charge is 0.358 e. The predicted molar refractivity (Wildman–Crippen MR) is 95.8 cm³/mol. The van der Waals surface area contributed by atoms with E-state index in [-0.39, 0.29) is 11.9 Å².